The number of fused-ring (bicyclic) bond motifs is 1. The molecule has 0 saturated carbocycles. The summed E-state index contributed by atoms with van der Waals surface area (Å²) in [6, 6.07) is 12.7. The van der Waals surface area contributed by atoms with Crippen LogP contribution in [0.1, 0.15) is 22.7 Å². The third-order valence-electron chi connectivity index (χ3n) is 6.13. The molecule has 0 aromatic heterocycles. The molecule has 0 bridgehead atoms. The van der Waals surface area contributed by atoms with Gasteiger partial charge < -0.3 is 4.90 Å². The van der Waals surface area contributed by atoms with Gasteiger partial charge in [0.05, 0.1) is 6.42 Å². The molecule has 1 amide bonds. The lowest BCUT2D eigenvalue weighted by Gasteiger charge is -2.28. The molecule has 2 aromatic carbocycles. The molecule has 0 N–H and O–H groups in total. The highest BCUT2D eigenvalue weighted by molar-refractivity contribution is 5.79. The third kappa shape index (κ3) is 3.25. The lowest BCUT2D eigenvalue weighted by atomic mass is 9.88. The summed E-state index contributed by atoms with van der Waals surface area (Å²) in [6.45, 7) is 4.43. The molecule has 27 heavy (non-hydrogen) atoms. The number of rotatable bonds is 3. The molecule has 4 rings (SSSR count). The Morgan fingerprint density at radius 3 is 2.63 bits per heavy atom. The minimum atomic E-state index is -0.914. The van der Waals surface area contributed by atoms with Crippen molar-refractivity contribution in [2.45, 2.75) is 19.4 Å². The van der Waals surface area contributed by atoms with Crippen molar-refractivity contribution < 1.29 is 13.6 Å². The molecule has 2 saturated heterocycles. The van der Waals surface area contributed by atoms with Crippen LogP contribution < -0.4 is 0 Å². The third-order valence-corrected chi connectivity index (χ3v) is 6.13. The fraction of sp³-hybridized carbons (Fsp3) is 0.409. The fourth-order valence-corrected chi connectivity index (χ4v) is 4.81. The number of hydrogen-bond donors (Lipinski definition) is 0. The zero-order valence-corrected chi connectivity index (χ0v) is 15.7. The number of carbonyl (C=O) groups is 1. The second kappa shape index (κ2) is 7.04. The lowest BCUT2D eigenvalue weighted by molar-refractivity contribution is -0.129. The van der Waals surface area contributed by atoms with E-state index in [0.717, 1.165) is 12.6 Å². The van der Waals surface area contributed by atoms with E-state index in [1.807, 2.05) is 11.0 Å². The molecule has 2 aliphatic heterocycles. The quantitative estimate of drug-likeness (QED) is 0.825. The molecule has 2 heterocycles. The lowest BCUT2D eigenvalue weighted by Crippen LogP contribution is -2.34. The zero-order valence-electron chi connectivity index (χ0n) is 15.7. The van der Waals surface area contributed by atoms with E-state index < -0.39 is 11.6 Å². The van der Waals surface area contributed by atoms with Gasteiger partial charge >= 0.3 is 0 Å². The number of amides is 1. The van der Waals surface area contributed by atoms with Gasteiger partial charge in [-0.25, -0.2) is 8.78 Å². The first-order chi connectivity index (χ1) is 13.0. The highest BCUT2D eigenvalue weighted by Gasteiger charge is 2.47. The molecule has 0 unspecified atom stereocenters. The van der Waals surface area contributed by atoms with E-state index in [1.165, 1.54) is 23.3 Å². The molecular formula is C22H24F2N2O. The van der Waals surface area contributed by atoms with Crippen molar-refractivity contribution in [1.82, 2.24) is 9.80 Å². The predicted molar refractivity (Wildman–Crippen MR) is 100 cm³/mol. The van der Waals surface area contributed by atoms with Crippen molar-refractivity contribution >= 4 is 5.91 Å². The number of nitrogens with zero attached hydrogens (tertiary/aromatic N) is 2. The van der Waals surface area contributed by atoms with Gasteiger partial charge in [0.1, 0.15) is 0 Å². The number of benzene rings is 2. The number of carbonyl (C=O) groups excluding carboxylic acids is 1. The van der Waals surface area contributed by atoms with Gasteiger partial charge in [0.2, 0.25) is 5.91 Å². The van der Waals surface area contributed by atoms with Crippen LogP contribution in [0.2, 0.25) is 0 Å². The molecule has 5 heteroatoms. The summed E-state index contributed by atoms with van der Waals surface area (Å²) < 4.78 is 27.3. The molecule has 2 aliphatic rings. The van der Waals surface area contributed by atoms with Gasteiger partial charge in [-0.1, -0.05) is 36.4 Å². The summed E-state index contributed by atoms with van der Waals surface area (Å²) in [5.41, 5.74) is 2.71. The number of aryl methyl sites for hydroxylation is 1. The standard InChI is InChI=1S/C22H24F2N2O/c1-14-6-3-4-8-17(14)22-18-13-26(12-16(18)11-25(22)2)20(27)10-15-7-5-9-19(23)21(15)24/h3-9,16,18,22H,10-13H2,1-2H3/t16-,18+,22-/m0/s1. The van der Waals surface area contributed by atoms with Crippen LogP contribution in [0.4, 0.5) is 8.78 Å². The van der Waals surface area contributed by atoms with E-state index >= 15 is 0 Å². The molecule has 0 aliphatic carbocycles. The largest absolute Gasteiger partial charge is 0.342 e. The van der Waals surface area contributed by atoms with Crippen LogP contribution in [0.25, 0.3) is 0 Å². The van der Waals surface area contributed by atoms with Gasteiger partial charge in [0.15, 0.2) is 11.6 Å². The molecule has 2 fully saturated rings. The van der Waals surface area contributed by atoms with E-state index in [4.69, 9.17) is 0 Å². The van der Waals surface area contributed by atoms with Crippen molar-refractivity contribution in [3.05, 3.63) is 70.8 Å². The average molecular weight is 370 g/mol. The zero-order chi connectivity index (χ0) is 19.1. The van der Waals surface area contributed by atoms with Gasteiger partial charge in [0.25, 0.3) is 0 Å². The maximum absolute atomic E-state index is 13.9. The summed E-state index contributed by atoms with van der Waals surface area (Å²) >= 11 is 0. The average Bonchev–Trinajstić information content (AvgIpc) is 3.16. The van der Waals surface area contributed by atoms with Crippen LogP contribution in [0.3, 0.4) is 0 Å². The van der Waals surface area contributed by atoms with Crippen LogP contribution in [-0.2, 0) is 11.2 Å². The Kier molecular flexibility index (Phi) is 4.72. The van der Waals surface area contributed by atoms with E-state index in [0.29, 0.717) is 31.0 Å². The highest BCUT2D eigenvalue weighted by Crippen LogP contribution is 2.44. The molecule has 142 valence electrons. The molecule has 3 nitrogen and oxygen atoms in total. The van der Waals surface area contributed by atoms with E-state index in [2.05, 4.69) is 37.1 Å². The normalized spacial score (nSPS) is 25.0. The highest BCUT2D eigenvalue weighted by atomic mass is 19.2. The Morgan fingerprint density at radius 1 is 1.07 bits per heavy atom. The summed E-state index contributed by atoms with van der Waals surface area (Å²) in [5.74, 6) is -1.15. The maximum Gasteiger partial charge on any atom is 0.227 e. The maximum atomic E-state index is 13.9. The first-order valence-corrected chi connectivity index (χ1v) is 9.42. The Morgan fingerprint density at radius 2 is 1.85 bits per heavy atom. The van der Waals surface area contributed by atoms with Gasteiger partial charge in [-0.3, -0.25) is 9.69 Å². The van der Waals surface area contributed by atoms with Crippen LogP contribution in [-0.4, -0.2) is 42.4 Å². The van der Waals surface area contributed by atoms with Crippen molar-refractivity contribution in [2.24, 2.45) is 11.8 Å². The Labute approximate surface area is 158 Å². The van der Waals surface area contributed by atoms with Crippen LogP contribution >= 0.6 is 0 Å². The van der Waals surface area contributed by atoms with E-state index in [9.17, 15) is 13.6 Å². The summed E-state index contributed by atoms with van der Waals surface area (Å²) in [6.07, 6.45) is -0.0894. The van der Waals surface area contributed by atoms with Crippen LogP contribution in [0.5, 0.6) is 0 Å². The predicted octanol–water partition coefficient (Wildman–Crippen LogP) is 3.58. The first kappa shape index (κ1) is 18.1. The molecule has 3 atom stereocenters. The minimum absolute atomic E-state index is 0.0894. The van der Waals surface area contributed by atoms with E-state index in [1.54, 1.807) is 0 Å². The Hall–Kier alpha value is -2.27. The second-order valence-corrected chi connectivity index (χ2v) is 7.85. The first-order valence-electron chi connectivity index (χ1n) is 9.42. The van der Waals surface area contributed by atoms with Gasteiger partial charge in [-0.15, -0.1) is 0 Å². The fourth-order valence-electron chi connectivity index (χ4n) is 4.81. The summed E-state index contributed by atoms with van der Waals surface area (Å²) in [4.78, 5) is 16.9. The number of likely N-dealkylation sites (tertiary alicyclic amines) is 2. The van der Waals surface area contributed by atoms with Crippen molar-refractivity contribution in [1.29, 1.82) is 0 Å². The van der Waals surface area contributed by atoms with Crippen LogP contribution in [0.15, 0.2) is 42.5 Å². The van der Waals surface area contributed by atoms with Gasteiger partial charge in [-0.2, -0.15) is 0 Å². The topological polar surface area (TPSA) is 23.6 Å². The molecule has 0 radical (unpaired) electrons. The Bertz CT molecular complexity index is 869. The SMILES string of the molecule is Cc1ccccc1[C@H]1[C@@H]2CN(C(=O)Cc3cccc(F)c3F)C[C@@H]2CN1C. The molecular weight excluding hydrogens is 346 g/mol. The van der Waals surface area contributed by atoms with Crippen molar-refractivity contribution in [2.75, 3.05) is 26.7 Å². The monoisotopic (exact) mass is 370 g/mol. The van der Waals surface area contributed by atoms with Gasteiger partial charge in [-0.05, 0) is 37.1 Å². The van der Waals surface area contributed by atoms with Crippen molar-refractivity contribution in [3.8, 4) is 0 Å². The smallest absolute Gasteiger partial charge is 0.227 e. The van der Waals surface area contributed by atoms with Crippen molar-refractivity contribution in [3.63, 3.8) is 0 Å². The number of hydrogen-bond acceptors (Lipinski definition) is 2. The van der Waals surface area contributed by atoms with Gasteiger partial charge in [0, 0.05) is 37.2 Å². The van der Waals surface area contributed by atoms with E-state index in [-0.39, 0.29) is 17.9 Å². The summed E-state index contributed by atoms with van der Waals surface area (Å²) in [7, 11) is 2.14. The summed E-state index contributed by atoms with van der Waals surface area (Å²) in [5, 5.41) is 0. The second-order valence-electron chi connectivity index (χ2n) is 7.85. The number of halogens is 2. The minimum Gasteiger partial charge on any atom is -0.342 e. The Balaban J connectivity index is 1.50. The van der Waals surface area contributed by atoms with Crippen LogP contribution in [0, 0.1) is 30.4 Å². The molecule has 2 aromatic rings. The molecule has 0 spiro atoms.